The quantitative estimate of drug-likeness (QED) is 0.728. The molecule has 0 bridgehead atoms. The van der Waals surface area contributed by atoms with Crippen molar-refractivity contribution in [2.24, 2.45) is 0 Å². The van der Waals surface area contributed by atoms with Crippen molar-refractivity contribution < 1.29 is 5.11 Å². The predicted octanol–water partition coefficient (Wildman–Crippen LogP) is 4.12. The van der Waals surface area contributed by atoms with Crippen LogP contribution in [0.5, 0.6) is 5.75 Å². The molecule has 1 atom stereocenters. The second kappa shape index (κ2) is 5.15. The monoisotopic (exact) mass is 289 g/mol. The Kier molecular flexibility index (Phi) is 3.12. The SMILES string of the molecule is CN1CCc2ccccc2[C@H]1c1c(O)ccc2ccccc12. The van der Waals surface area contributed by atoms with E-state index >= 15 is 0 Å². The first-order valence-corrected chi connectivity index (χ1v) is 7.74. The van der Waals surface area contributed by atoms with Gasteiger partial charge in [-0.15, -0.1) is 0 Å². The van der Waals surface area contributed by atoms with Crippen LogP contribution in [0.1, 0.15) is 22.7 Å². The van der Waals surface area contributed by atoms with Gasteiger partial charge in [-0.2, -0.15) is 0 Å². The maximum Gasteiger partial charge on any atom is 0.121 e. The normalized spacial score (nSPS) is 18.3. The van der Waals surface area contributed by atoms with Crippen molar-refractivity contribution >= 4 is 10.8 Å². The lowest BCUT2D eigenvalue weighted by Gasteiger charge is -2.35. The minimum atomic E-state index is 0.107. The van der Waals surface area contributed by atoms with Crippen molar-refractivity contribution in [1.29, 1.82) is 0 Å². The van der Waals surface area contributed by atoms with E-state index in [1.54, 1.807) is 0 Å². The van der Waals surface area contributed by atoms with E-state index in [1.165, 1.54) is 16.5 Å². The molecule has 0 aromatic heterocycles. The van der Waals surface area contributed by atoms with E-state index in [2.05, 4.69) is 48.3 Å². The van der Waals surface area contributed by atoms with Crippen LogP contribution in [0.4, 0.5) is 0 Å². The lowest BCUT2D eigenvalue weighted by Crippen LogP contribution is -2.33. The van der Waals surface area contributed by atoms with Crippen LogP contribution in [0, 0.1) is 0 Å². The molecule has 0 saturated carbocycles. The van der Waals surface area contributed by atoms with Gasteiger partial charge in [-0.05, 0) is 41.4 Å². The first kappa shape index (κ1) is 13.4. The van der Waals surface area contributed by atoms with Gasteiger partial charge in [0.1, 0.15) is 5.75 Å². The number of hydrogen-bond acceptors (Lipinski definition) is 2. The Hall–Kier alpha value is -2.32. The van der Waals surface area contributed by atoms with E-state index in [1.807, 2.05) is 24.3 Å². The smallest absolute Gasteiger partial charge is 0.121 e. The van der Waals surface area contributed by atoms with Crippen molar-refractivity contribution in [3.63, 3.8) is 0 Å². The Morgan fingerprint density at radius 3 is 2.64 bits per heavy atom. The highest BCUT2D eigenvalue weighted by Crippen LogP contribution is 2.41. The van der Waals surface area contributed by atoms with Crippen molar-refractivity contribution in [2.45, 2.75) is 12.5 Å². The lowest BCUT2D eigenvalue weighted by atomic mass is 9.86. The Bertz CT molecular complexity index is 840. The zero-order valence-corrected chi connectivity index (χ0v) is 12.7. The summed E-state index contributed by atoms with van der Waals surface area (Å²) in [5.74, 6) is 0.382. The highest BCUT2D eigenvalue weighted by Gasteiger charge is 2.29. The summed E-state index contributed by atoms with van der Waals surface area (Å²) in [5.41, 5.74) is 3.72. The van der Waals surface area contributed by atoms with Crippen LogP contribution in [-0.2, 0) is 6.42 Å². The molecule has 22 heavy (non-hydrogen) atoms. The largest absolute Gasteiger partial charge is 0.508 e. The molecule has 0 aliphatic carbocycles. The molecule has 1 N–H and O–H groups in total. The van der Waals surface area contributed by atoms with Crippen molar-refractivity contribution in [3.05, 3.63) is 77.4 Å². The van der Waals surface area contributed by atoms with Gasteiger partial charge in [-0.1, -0.05) is 54.6 Å². The van der Waals surface area contributed by atoms with Crippen LogP contribution in [0.15, 0.2) is 60.7 Å². The van der Waals surface area contributed by atoms with Crippen LogP contribution < -0.4 is 0 Å². The molecular formula is C20H19NO. The molecule has 3 aromatic carbocycles. The fraction of sp³-hybridized carbons (Fsp3) is 0.200. The summed E-state index contributed by atoms with van der Waals surface area (Å²) in [6.07, 6.45) is 1.06. The summed E-state index contributed by atoms with van der Waals surface area (Å²) in [7, 11) is 2.14. The van der Waals surface area contributed by atoms with Gasteiger partial charge in [0.2, 0.25) is 0 Å². The third kappa shape index (κ3) is 1.99. The molecule has 1 aliphatic heterocycles. The first-order valence-electron chi connectivity index (χ1n) is 7.74. The summed E-state index contributed by atoms with van der Waals surface area (Å²) in [6.45, 7) is 1.00. The van der Waals surface area contributed by atoms with E-state index < -0.39 is 0 Å². The summed E-state index contributed by atoms with van der Waals surface area (Å²) in [5, 5.41) is 12.9. The Morgan fingerprint density at radius 1 is 0.955 bits per heavy atom. The topological polar surface area (TPSA) is 23.5 Å². The number of likely N-dealkylation sites (N-methyl/N-ethyl adjacent to an activating group) is 1. The maximum atomic E-state index is 10.6. The first-order chi connectivity index (χ1) is 10.8. The number of fused-ring (bicyclic) bond motifs is 2. The number of phenols is 1. The van der Waals surface area contributed by atoms with Gasteiger partial charge in [-0.3, -0.25) is 4.90 Å². The maximum absolute atomic E-state index is 10.6. The van der Waals surface area contributed by atoms with Crippen molar-refractivity contribution in [1.82, 2.24) is 4.90 Å². The van der Waals surface area contributed by atoms with E-state index in [0.717, 1.165) is 23.9 Å². The molecule has 2 nitrogen and oxygen atoms in total. The fourth-order valence-corrected chi connectivity index (χ4v) is 3.64. The Labute approximate surface area is 130 Å². The number of hydrogen-bond donors (Lipinski definition) is 1. The molecule has 0 unspecified atom stereocenters. The van der Waals surface area contributed by atoms with Crippen LogP contribution in [0.2, 0.25) is 0 Å². The molecule has 3 aromatic rings. The van der Waals surface area contributed by atoms with Gasteiger partial charge < -0.3 is 5.11 Å². The third-order valence-corrected chi connectivity index (χ3v) is 4.75. The molecule has 110 valence electrons. The Morgan fingerprint density at radius 2 is 1.73 bits per heavy atom. The average Bonchev–Trinajstić information content (AvgIpc) is 2.56. The molecule has 0 radical (unpaired) electrons. The van der Waals surface area contributed by atoms with Crippen molar-refractivity contribution in [3.8, 4) is 5.75 Å². The molecule has 2 heteroatoms. The molecule has 1 heterocycles. The third-order valence-electron chi connectivity index (χ3n) is 4.75. The number of aromatic hydroxyl groups is 1. The van der Waals surface area contributed by atoms with Gasteiger partial charge in [-0.25, -0.2) is 0 Å². The average molecular weight is 289 g/mol. The second-order valence-corrected chi connectivity index (χ2v) is 6.05. The van der Waals surface area contributed by atoms with Gasteiger partial charge in [0.25, 0.3) is 0 Å². The number of phenolic OH excluding ortho intramolecular Hbond substituents is 1. The minimum absolute atomic E-state index is 0.107. The summed E-state index contributed by atoms with van der Waals surface area (Å²) in [6, 6.07) is 20.8. The summed E-state index contributed by atoms with van der Waals surface area (Å²) >= 11 is 0. The van der Waals surface area contributed by atoms with Crippen LogP contribution >= 0.6 is 0 Å². The zero-order valence-electron chi connectivity index (χ0n) is 12.7. The summed E-state index contributed by atoms with van der Waals surface area (Å²) < 4.78 is 0. The minimum Gasteiger partial charge on any atom is -0.508 e. The standard InChI is InChI=1S/C20H19NO/c1-21-13-12-15-7-3-5-9-17(15)20(21)19-16-8-4-2-6-14(16)10-11-18(19)22/h2-11,20,22H,12-13H2,1H3/t20-/m0/s1. The van der Waals surface area contributed by atoms with E-state index in [4.69, 9.17) is 0 Å². The number of benzene rings is 3. The van der Waals surface area contributed by atoms with Gasteiger partial charge in [0, 0.05) is 12.1 Å². The highest BCUT2D eigenvalue weighted by molar-refractivity contribution is 5.88. The summed E-state index contributed by atoms with van der Waals surface area (Å²) in [4.78, 5) is 2.34. The van der Waals surface area contributed by atoms with Crippen LogP contribution in [0.3, 0.4) is 0 Å². The van der Waals surface area contributed by atoms with Gasteiger partial charge in [0.05, 0.1) is 6.04 Å². The zero-order chi connectivity index (χ0) is 15.1. The van der Waals surface area contributed by atoms with Crippen LogP contribution in [0.25, 0.3) is 10.8 Å². The van der Waals surface area contributed by atoms with Crippen molar-refractivity contribution in [2.75, 3.05) is 13.6 Å². The molecule has 0 fully saturated rings. The highest BCUT2D eigenvalue weighted by atomic mass is 16.3. The molecule has 0 spiro atoms. The number of rotatable bonds is 1. The van der Waals surface area contributed by atoms with Gasteiger partial charge in [0.15, 0.2) is 0 Å². The van der Waals surface area contributed by atoms with E-state index in [0.29, 0.717) is 5.75 Å². The molecule has 0 saturated heterocycles. The number of nitrogens with zero attached hydrogens (tertiary/aromatic N) is 1. The predicted molar refractivity (Wildman–Crippen MR) is 90.2 cm³/mol. The molecule has 1 aliphatic rings. The fourth-order valence-electron chi connectivity index (χ4n) is 3.64. The molecular weight excluding hydrogens is 270 g/mol. The Balaban J connectivity index is 2.01. The molecule has 4 rings (SSSR count). The lowest BCUT2D eigenvalue weighted by molar-refractivity contribution is 0.261. The van der Waals surface area contributed by atoms with E-state index in [-0.39, 0.29) is 6.04 Å². The van der Waals surface area contributed by atoms with E-state index in [9.17, 15) is 5.11 Å². The molecule has 0 amide bonds. The second-order valence-electron chi connectivity index (χ2n) is 6.05. The van der Waals surface area contributed by atoms with Crippen LogP contribution in [-0.4, -0.2) is 23.6 Å². The van der Waals surface area contributed by atoms with Gasteiger partial charge >= 0.3 is 0 Å².